The largest absolute Gasteiger partial charge is 0.366 e. The van der Waals surface area contributed by atoms with Crippen LogP contribution in [0.5, 0.6) is 0 Å². The van der Waals surface area contributed by atoms with Gasteiger partial charge in [-0.05, 0) is 74.7 Å². The molecule has 2 nitrogen and oxygen atoms in total. The van der Waals surface area contributed by atoms with Crippen LogP contribution in [-0.2, 0) is 4.74 Å². The van der Waals surface area contributed by atoms with Crippen molar-refractivity contribution in [2.75, 3.05) is 13.7 Å². The Labute approximate surface area is 155 Å². The quantitative estimate of drug-likeness (QED) is 0.509. The molecule has 1 saturated carbocycles. The molecule has 6 unspecified atom stereocenters. The van der Waals surface area contributed by atoms with Crippen LogP contribution in [0.4, 0.5) is 0 Å². The lowest BCUT2D eigenvalue weighted by molar-refractivity contribution is -0.0121. The molecule has 3 rings (SSSR count). The third-order valence-electron chi connectivity index (χ3n) is 7.28. The van der Waals surface area contributed by atoms with E-state index in [1.54, 1.807) is 5.57 Å². The molecular weight excluding hydrogens is 306 g/mol. The average Bonchev–Trinajstić information content (AvgIpc) is 2.59. The van der Waals surface area contributed by atoms with Crippen molar-refractivity contribution < 1.29 is 4.74 Å². The molecule has 0 aliphatic heterocycles. The van der Waals surface area contributed by atoms with Gasteiger partial charge in [0.25, 0.3) is 0 Å². The molecule has 0 saturated heterocycles. The van der Waals surface area contributed by atoms with Gasteiger partial charge in [0, 0.05) is 7.11 Å². The van der Waals surface area contributed by atoms with E-state index in [9.17, 15) is 0 Å². The van der Waals surface area contributed by atoms with E-state index < -0.39 is 0 Å². The molecule has 1 fully saturated rings. The molecule has 3 aliphatic carbocycles. The second-order valence-corrected chi connectivity index (χ2v) is 8.84. The molecule has 6 atom stereocenters. The van der Waals surface area contributed by atoms with Gasteiger partial charge in [0.15, 0.2) is 0 Å². The smallest absolute Gasteiger partial charge is 0.110 e. The Morgan fingerprint density at radius 1 is 1.24 bits per heavy atom. The lowest BCUT2D eigenvalue weighted by atomic mass is 9.62. The van der Waals surface area contributed by atoms with Crippen LogP contribution >= 0.6 is 0 Å². The van der Waals surface area contributed by atoms with Crippen LogP contribution in [-0.4, -0.2) is 19.9 Å². The molecule has 0 aromatic heterocycles. The third kappa shape index (κ3) is 4.39. The summed E-state index contributed by atoms with van der Waals surface area (Å²) in [6.45, 7) is 10.2. The SMILES string of the molecule is C=C1CC(C2CC(C(NCC)OC)CCC2C)C2=CC1CCCCC2. The first-order valence-corrected chi connectivity index (χ1v) is 10.8. The van der Waals surface area contributed by atoms with E-state index >= 15 is 0 Å². The van der Waals surface area contributed by atoms with Gasteiger partial charge in [-0.15, -0.1) is 0 Å². The monoisotopic (exact) mass is 345 g/mol. The summed E-state index contributed by atoms with van der Waals surface area (Å²) in [6, 6.07) is 0. The van der Waals surface area contributed by atoms with Crippen molar-refractivity contribution in [1.29, 1.82) is 0 Å². The van der Waals surface area contributed by atoms with Crippen molar-refractivity contribution in [2.24, 2.45) is 29.6 Å². The molecular formula is C23H39NO. The van der Waals surface area contributed by atoms with Crippen LogP contribution in [0.25, 0.3) is 0 Å². The van der Waals surface area contributed by atoms with Crippen LogP contribution in [0.2, 0.25) is 0 Å². The Morgan fingerprint density at radius 2 is 2.08 bits per heavy atom. The van der Waals surface area contributed by atoms with Crippen LogP contribution < -0.4 is 5.32 Å². The van der Waals surface area contributed by atoms with Gasteiger partial charge in [-0.1, -0.05) is 56.9 Å². The highest BCUT2D eigenvalue weighted by molar-refractivity contribution is 5.26. The Kier molecular flexibility index (Phi) is 6.79. The molecule has 0 spiro atoms. The molecule has 2 heteroatoms. The van der Waals surface area contributed by atoms with Crippen molar-refractivity contribution >= 4 is 0 Å². The van der Waals surface area contributed by atoms with E-state index in [1.807, 2.05) is 7.11 Å². The molecule has 2 bridgehead atoms. The first-order chi connectivity index (χ1) is 12.1. The summed E-state index contributed by atoms with van der Waals surface area (Å²) >= 11 is 0. The standard InChI is InChI=1S/C23H39NO/c1-5-24-23(25-4)20-12-11-16(2)21(15-20)22-13-17(3)18-9-7-6-8-10-19(22)14-18/h14,16,18,20-24H,3,5-13,15H2,1-2,4H3. The first-order valence-electron chi connectivity index (χ1n) is 10.8. The van der Waals surface area contributed by atoms with Gasteiger partial charge in [0.05, 0.1) is 0 Å². The van der Waals surface area contributed by atoms with E-state index in [-0.39, 0.29) is 6.23 Å². The Hall–Kier alpha value is -0.600. The highest BCUT2D eigenvalue weighted by Gasteiger charge is 2.39. The minimum atomic E-state index is 0.228. The van der Waals surface area contributed by atoms with Gasteiger partial charge >= 0.3 is 0 Å². The van der Waals surface area contributed by atoms with Crippen molar-refractivity contribution in [2.45, 2.75) is 77.9 Å². The maximum Gasteiger partial charge on any atom is 0.110 e. The van der Waals surface area contributed by atoms with Crippen molar-refractivity contribution in [1.82, 2.24) is 5.32 Å². The number of hydrogen-bond acceptors (Lipinski definition) is 2. The zero-order valence-corrected chi connectivity index (χ0v) is 16.7. The number of allylic oxidation sites excluding steroid dienone is 3. The predicted molar refractivity (Wildman–Crippen MR) is 106 cm³/mol. The van der Waals surface area contributed by atoms with Gasteiger partial charge < -0.3 is 4.74 Å². The zero-order valence-electron chi connectivity index (χ0n) is 16.7. The topological polar surface area (TPSA) is 21.3 Å². The average molecular weight is 346 g/mol. The van der Waals surface area contributed by atoms with Gasteiger partial charge in [0.2, 0.25) is 0 Å². The molecule has 25 heavy (non-hydrogen) atoms. The number of methoxy groups -OCH3 is 1. The maximum atomic E-state index is 5.80. The van der Waals surface area contributed by atoms with Gasteiger partial charge in [-0.25, -0.2) is 0 Å². The Balaban J connectivity index is 1.77. The number of nitrogens with one attached hydrogen (secondary N) is 1. The van der Waals surface area contributed by atoms with Crippen LogP contribution in [0.15, 0.2) is 23.8 Å². The van der Waals surface area contributed by atoms with Crippen molar-refractivity contribution in [3.8, 4) is 0 Å². The summed E-state index contributed by atoms with van der Waals surface area (Å²) in [5, 5.41) is 3.56. The second kappa shape index (κ2) is 8.86. The van der Waals surface area contributed by atoms with Gasteiger partial charge in [-0.3, -0.25) is 5.32 Å². The number of fused-ring (bicyclic) bond motifs is 1. The fraction of sp³-hybridized carbons (Fsp3) is 0.826. The Morgan fingerprint density at radius 3 is 2.84 bits per heavy atom. The normalized spacial score (nSPS) is 37.8. The van der Waals surface area contributed by atoms with Crippen LogP contribution in [0, 0.1) is 29.6 Å². The highest BCUT2D eigenvalue weighted by Crippen LogP contribution is 2.48. The van der Waals surface area contributed by atoms with Crippen molar-refractivity contribution in [3.63, 3.8) is 0 Å². The van der Waals surface area contributed by atoms with Crippen LogP contribution in [0.3, 0.4) is 0 Å². The summed E-state index contributed by atoms with van der Waals surface area (Å²) in [5.74, 6) is 3.72. The predicted octanol–water partition coefficient (Wildman–Crippen LogP) is 5.70. The fourth-order valence-corrected chi connectivity index (χ4v) is 5.79. The summed E-state index contributed by atoms with van der Waals surface area (Å²) in [4.78, 5) is 0. The summed E-state index contributed by atoms with van der Waals surface area (Å²) in [5.41, 5.74) is 3.30. The number of rotatable bonds is 5. The number of ether oxygens (including phenoxy) is 1. The molecule has 0 heterocycles. The lowest BCUT2D eigenvalue weighted by Crippen LogP contribution is -2.43. The van der Waals surface area contributed by atoms with E-state index in [0.29, 0.717) is 11.8 Å². The van der Waals surface area contributed by atoms with E-state index in [0.717, 1.165) is 24.3 Å². The molecule has 3 aliphatic rings. The summed E-state index contributed by atoms with van der Waals surface area (Å²) in [7, 11) is 1.87. The minimum Gasteiger partial charge on any atom is -0.366 e. The minimum absolute atomic E-state index is 0.228. The summed E-state index contributed by atoms with van der Waals surface area (Å²) in [6.07, 6.45) is 14.9. The zero-order chi connectivity index (χ0) is 17.8. The van der Waals surface area contributed by atoms with E-state index in [4.69, 9.17) is 4.74 Å². The molecule has 142 valence electrons. The number of hydrogen-bond donors (Lipinski definition) is 1. The second-order valence-electron chi connectivity index (χ2n) is 8.84. The van der Waals surface area contributed by atoms with E-state index in [1.165, 1.54) is 63.4 Å². The van der Waals surface area contributed by atoms with Crippen molar-refractivity contribution in [3.05, 3.63) is 23.8 Å². The molecule has 1 N–H and O–H groups in total. The summed E-state index contributed by atoms with van der Waals surface area (Å²) < 4.78 is 5.80. The van der Waals surface area contributed by atoms with E-state index in [2.05, 4.69) is 31.8 Å². The lowest BCUT2D eigenvalue weighted by Gasteiger charge is -2.45. The molecule has 0 aromatic rings. The third-order valence-corrected chi connectivity index (χ3v) is 7.28. The fourth-order valence-electron chi connectivity index (χ4n) is 5.79. The van der Waals surface area contributed by atoms with Crippen LogP contribution in [0.1, 0.15) is 71.6 Å². The highest BCUT2D eigenvalue weighted by atomic mass is 16.5. The molecule has 0 radical (unpaired) electrons. The first kappa shape index (κ1) is 19.2. The van der Waals surface area contributed by atoms with Gasteiger partial charge in [0.1, 0.15) is 6.23 Å². The molecule has 0 amide bonds. The Bertz CT molecular complexity index is 482. The maximum absolute atomic E-state index is 5.80. The van der Waals surface area contributed by atoms with Gasteiger partial charge in [-0.2, -0.15) is 0 Å². The molecule has 0 aromatic carbocycles.